The molecule has 26 valence electrons. The third kappa shape index (κ3) is 9.01. The third-order valence-corrected chi connectivity index (χ3v) is 0. The molecule has 0 aliphatic carbocycles. The van der Waals surface area contributed by atoms with Crippen LogP contribution in [0, 0.1) is 0 Å². The van der Waals surface area contributed by atoms with Gasteiger partial charge in [-0.05, 0) is 0 Å². The van der Waals surface area contributed by atoms with Crippen LogP contribution in [0.2, 0.25) is 0 Å². The van der Waals surface area contributed by atoms with E-state index in [1.807, 2.05) is 0 Å². The van der Waals surface area contributed by atoms with E-state index in [0.717, 1.165) is 0 Å². The normalized spacial score (nSPS) is 1.50. The summed E-state index contributed by atoms with van der Waals surface area (Å²) in [6, 6.07) is 0. The van der Waals surface area contributed by atoms with Crippen molar-refractivity contribution in [3.8, 4) is 0 Å². The van der Waals surface area contributed by atoms with Gasteiger partial charge >= 0.3 is 24.5 Å². The van der Waals surface area contributed by atoms with E-state index in [4.69, 9.17) is 0 Å². The van der Waals surface area contributed by atoms with Crippen molar-refractivity contribution >= 4 is 24.2 Å². The van der Waals surface area contributed by atoms with Gasteiger partial charge in [-0.2, -0.15) is 13.5 Å². The summed E-state index contributed by atoms with van der Waals surface area (Å²) in [5.74, 6) is 0. The Morgan fingerprint density at radius 2 is 1.25 bits per heavy atom. The summed E-state index contributed by atoms with van der Waals surface area (Å²) in [5, 5.41) is 0. The van der Waals surface area contributed by atoms with Gasteiger partial charge in [0.25, 0.3) is 0 Å². The van der Waals surface area contributed by atoms with Crippen LogP contribution in [0.25, 0.3) is 0 Å². The Bertz CT molecular complexity index is 6.00. The summed E-state index contributed by atoms with van der Waals surface area (Å²) in [5.41, 5.74) is 0. The van der Waals surface area contributed by atoms with Gasteiger partial charge in [-0.3, -0.25) is 0 Å². The van der Waals surface area contributed by atoms with Crippen molar-refractivity contribution in [2.24, 2.45) is 0 Å². The molecule has 0 N–H and O–H groups in total. The Hall–Kier alpha value is 1.99. The molecule has 4 heteroatoms. The van der Waals surface area contributed by atoms with E-state index in [0.29, 0.717) is 0 Å². The van der Waals surface area contributed by atoms with Crippen LogP contribution in [-0.2, 0) is 41.2 Å². The molecule has 0 rings (SSSR count). The Labute approximate surface area is 64.6 Å². The van der Waals surface area contributed by atoms with Gasteiger partial charge in [-0.25, -0.2) is 0 Å². The topological polar surface area (TPSA) is 0 Å². The summed E-state index contributed by atoms with van der Waals surface area (Å²) in [7, 11) is 3.71. The summed E-state index contributed by atoms with van der Waals surface area (Å²) in [6.45, 7) is 0. The Morgan fingerprint density at radius 3 is 1.25 bits per heavy atom. The molecule has 0 radical (unpaired) electrons. The van der Waals surface area contributed by atoms with Crippen LogP contribution in [0.4, 0.5) is 0 Å². The molecule has 0 aliphatic rings. The van der Waals surface area contributed by atoms with Gasteiger partial charge < -0.3 is 0 Å². The van der Waals surface area contributed by atoms with Crippen LogP contribution in [0.5, 0.6) is 0 Å². The maximum absolute atomic E-state index is 3.71. The van der Waals surface area contributed by atoms with Gasteiger partial charge in [0.15, 0.2) is 0 Å². The minimum atomic E-state index is 0. The van der Waals surface area contributed by atoms with Crippen LogP contribution in [-0.4, -0.2) is 0 Å². The van der Waals surface area contributed by atoms with E-state index in [9.17, 15) is 0 Å². The van der Waals surface area contributed by atoms with Crippen LogP contribution in [0.3, 0.4) is 0 Å². The maximum atomic E-state index is 3.71. The standard InChI is InChI=1S/Cd.Ni.H2S.S/h;;1H2;. The predicted octanol–water partition coefficient (Wildman–Crippen LogP) is 0.756. The van der Waals surface area contributed by atoms with Gasteiger partial charge in [-0.1, -0.05) is 0 Å². The number of hydrogen-bond donors (Lipinski definition) is 0. The zero-order chi connectivity index (χ0) is 2.00. The first kappa shape index (κ1) is 16.7. The van der Waals surface area contributed by atoms with E-state index < -0.39 is 0 Å². The van der Waals surface area contributed by atoms with Crippen molar-refractivity contribution in [2.45, 2.75) is 0 Å². The summed E-state index contributed by atoms with van der Waals surface area (Å²) in [6.07, 6.45) is 0. The summed E-state index contributed by atoms with van der Waals surface area (Å²) in [4.78, 5) is 0. The molecule has 0 bridgehead atoms. The second-order valence-corrected chi connectivity index (χ2v) is 0. The Morgan fingerprint density at radius 1 is 1.25 bits per heavy atom. The van der Waals surface area contributed by atoms with E-state index in [2.05, 4.69) is 24.5 Å². The van der Waals surface area contributed by atoms with E-state index in [1.165, 1.54) is 0 Å². The van der Waals surface area contributed by atoms with Gasteiger partial charge in [0, 0.05) is 27.3 Å². The molecule has 0 aromatic heterocycles. The first-order chi connectivity index (χ1) is 1.00. The molecular formula is H2CdNiS2. The molecule has 0 saturated carbocycles. The van der Waals surface area contributed by atoms with Gasteiger partial charge in [0.05, 0.1) is 0 Å². The second kappa shape index (κ2) is 20.1. The average molecular weight is 237 g/mol. The molecule has 0 aromatic rings. The molecule has 0 aromatic carbocycles. The molecule has 0 amide bonds. The van der Waals surface area contributed by atoms with Gasteiger partial charge in [-0.15, -0.1) is 0 Å². The van der Waals surface area contributed by atoms with Crippen molar-refractivity contribution in [3.63, 3.8) is 0 Å². The molecule has 0 nitrogen and oxygen atoms in total. The minimum absolute atomic E-state index is 0. The van der Waals surface area contributed by atoms with E-state index in [-0.39, 0.29) is 40.8 Å². The number of hydrogen-bond acceptors (Lipinski definition) is 1. The van der Waals surface area contributed by atoms with E-state index in [1.54, 1.807) is 0 Å². The van der Waals surface area contributed by atoms with Gasteiger partial charge in [0.1, 0.15) is 0 Å². The van der Waals surface area contributed by atoms with Crippen molar-refractivity contribution in [1.29, 1.82) is 0 Å². The molecule has 0 fully saturated rings. The SMILES string of the molecule is S.[Cd].[S]=[Ni]. The fourth-order valence-corrected chi connectivity index (χ4v) is 0. The Kier molecular flexibility index (Phi) is 83.8. The Balaban J connectivity index is -0.00000000500. The molecule has 0 heterocycles. The van der Waals surface area contributed by atoms with E-state index >= 15 is 0 Å². The molecule has 0 spiro atoms. The van der Waals surface area contributed by atoms with Crippen LogP contribution >= 0.6 is 24.2 Å². The fourth-order valence-electron chi connectivity index (χ4n) is 0. The molecule has 0 atom stereocenters. The molecular weight excluding hydrogens is 235 g/mol. The molecule has 4 heavy (non-hydrogen) atoms. The zero-order valence-corrected chi connectivity index (χ0v) is 8.77. The van der Waals surface area contributed by atoms with Crippen molar-refractivity contribution < 1.29 is 41.2 Å². The third-order valence-electron chi connectivity index (χ3n) is 0. The zero-order valence-electron chi connectivity index (χ0n) is 1.93. The van der Waals surface area contributed by atoms with Crippen LogP contribution < -0.4 is 0 Å². The summed E-state index contributed by atoms with van der Waals surface area (Å²) >= 11 is 3.46. The first-order valence-electron chi connectivity index (χ1n) is 0.129. The average Bonchev–Trinajstić information content (AvgIpc) is 1.00. The molecule has 0 unspecified atom stereocenters. The predicted molar refractivity (Wildman–Crippen MR) is 18.0 cm³/mol. The fraction of sp³-hybridized carbons (Fsp3) is 0. The first-order valence-corrected chi connectivity index (χ1v) is 1.60. The molecule has 0 saturated heterocycles. The second-order valence-electron chi connectivity index (χ2n) is 0. The van der Waals surface area contributed by atoms with Crippen molar-refractivity contribution in [2.75, 3.05) is 0 Å². The van der Waals surface area contributed by atoms with Crippen molar-refractivity contribution in [1.82, 2.24) is 0 Å². The monoisotopic (exact) mass is 238 g/mol. The van der Waals surface area contributed by atoms with Crippen LogP contribution in [0.15, 0.2) is 0 Å². The quantitative estimate of drug-likeness (QED) is 0.560. The summed E-state index contributed by atoms with van der Waals surface area (Å²) < 4.78 is 0. The van der Waals surface area contributed by atoms with Gasteiger partial charge in [0.2, 0.25) is 0 Å². The number of rotatable bonds is 0. The van der Waals surface area contributed by atoms with Crippen LogP contribution in [0.1, 0.15) is 0 Å². The van der Waals surface area contributed by atoms with Crippen molar-refractivity contribution in [3.05, 3.63) is 0 Å². The molecule has 0 aliphatic heterocycles.